The Morgan fingerprint density at radius 3 is 2.53 bits per heavy atom. The minimum absolute atomic E-state index is 0.00794. The number of hydrogen-bond acceptors (Lipinski definition) is 3. The van der Waals surface area contributed by atoms with E-state index in [2.05, 4.69) is 4.98 Å². The van der Waals surface area contributed by atoms with Gasteiger partial charge in [0.15, 0.2) is 5.78 Å². The lowest BCUT2D eigenvalue weighted by Crippen LogP contribution is -2.13. The van der Waals surface area contributed by atoms with Crippen molar-refractivity contribution in [3.05, 3.63) is 24.0 Å². The van der Waals surface area contributed by atoms with E-state index >= 15 is 0 Å². The average molecular weight is 235 g/mol. The number of ketones is 1. The normalized spacial score (nSPS) is 11.6. The van der Waals surface area contributed by atoms with Crippen molar-refractivity contribution in [1.29, 1.82) is 0 Å². The molecule has 0 atom stereocenters. The van der Waals surface area contributed by atoms with Crippen molar-refractivity contribution in [2.24, 2.45) is 5.41 Å². The summed E-state index contributed by atoms with van der Waals surface area (Å²) in [6, 6.07) is 1.76. The van der Waals surface area contributed by atoms with Crippen LogP contribution >= 0.6 is 0 Å². The third kappa shape index (κ3) is 4.98. The molecule has 3 heteroatoms. The second-order valence-corrected chi connectivity index (χ2v) is 5.74. The molecule has 0 saturated carbocycles. The van der Waals surface area contributed by atoms with E-state index in [4.69, 9.17) is 4.74 Å². The van der Waals surface area contributed by atoms with Gasteiger partial charge in [0.1, 0.15) is 5.75 Å². The van der Waals surface area contributed by atoms with Crippen LogP contribution in [0.2, 0.25) is 0 Å². The lowest BCUT2D eigenvalue weighted by Gasteiger charge is -2.17. The summed E-state index contributed by atoms with van der Waals surface area (Å²) in [6.07, 6.45) is 3.83. The Bertz CT molecular complexity index is 391. The van der Waals surface area contributed by atoms with Crippen LogP contribution in [0.15, 0.2) is 18.5 Å². The summed E-state index contributed by atoms with van der Waals surface area (Å²) in [7, 11) is 0. The molecule has 0 aliphatic carbocycles. The second kappa shape index (κ2) is 5.30. The highest BCUT2D eigenvalue weighted by Gasteiger charge is 2.18. The topological polar surface area (TPSA) is 39.2 Å². The average Bonchev–Trinajstić information content (AvgIpc) is 2.14. The maximum absolute atomic E-state index is 12.0. The van der Waals surface area contributed by atoms with Gasteiger partial charge >= 0.3 is 0 Å². The number of Topliss-reactive ketones (excluding diaryl/α,β-unsaturated/α-hetero) is 1. The van der Waals surface area contributed by atoms with Gasteiger partial charge in [0.05, 0.1) is 12.3 Å². The van der Waals surface area contributed by atoms with Crippen LogP contribution in [-0.2, 0) is 0 Å². The molecule has 1 heterocycles. The Balaban J connectivity index is 2.81. The molecule has 0 N–H and O–H groups in total. The SMILES string of the molecule is CC(C)Oc1cncc(C(=O)CC(C)(C)C)c1. The Labute approximate surface area is 103 Å². The molecular weight excluding hydrogens is 214 g/mol. The maximum Gasteiger partial charge on any atom is 0.165 e. The first kappa shape index (κ1) is 13.7. The number of aromatic nitrogens is 1. The van der Waals surface area contributed by atoms with E-state index in [0.717, 1.165) is 0 Å². The van der Waals surface area contributed by atoms with Gasteiger partial charge in [-0.3, -0.25) is 9.78 Å². The molecular formula is C14H21NO2. The summed E-state index contributed by atoms with van der Waals surface area (Å²) < 4.78 is 5.52. The number of carbonyl (C=O) groups is 1. The van der Waals surface area contributed by atoms with Gasteiger partial charge in [-0.1, -0.05) is 20.8 Å². The molecule has 3 nitrogen and oxygen atoms in total. The highest BCUT2D eigenvalue weighted by molar-refractivity contribution is 5.96. The van der Waals surface area contributed by atoms with E-state index in [0.29, 0.717) is 17.7 Å². The summed E-state index contributed by atoms with van der Waals surface area (Å²) in [5.41, 5.74) is 0.615. The van der Waals surface area contributed by atoms with Crippen molar-refractivity contribution in [2.45, 2.75) is 47.1 Å². The smallest absolute Gasteiger partial charge is 0.165 e. The summed E-state index contributed by atoms with van der Waals surface area (Å²) in [5.74, 6) is 0.763. The van der Waals surface area contributed by atoms with E-state index in [1.807, 2.05) is 34.6 Å². The summed E-state index contributed by atoms with van der Waals surface area (Å²) in [4.78, 5) is 16.0. The summed E-state index contributed by atoms with van der Waals surface area (Å²) >= 11 is 0. The van der Waals surface area contributed by atoms with Gasteiger partial charge in [0, 0.05) is 18.2 Å². The monoisotopic (exact) mass is 235 g/mol. The minimum atomic E-state index is -0.00794. The predicted molar refractivity (Wildman–Crippen MR) is 68.4 cm³/mol. The second-order valence-electron chi connectivity index (χ2n) is 5.74. The lowest BCUT2D eigenvalue weighted by atomic mass is 9.88. The van der Waals surface area contributed by atoms with Crippen molar-refractivity contribution >= 4 is 5.78 Å². The van der Waals surface area contributed by atoms with E-state index < -0.39 is 0 Å². The number of ether oxygens (including phenoxy) is 1. The van der Waals surface area contributed by atoms with E-state index in [-0.39, 0.29) is 17.3 Å². The lowest BCUT2D eigenvalue weighted by molar-refractivity contribution is 0.0938. The molecule has 1 aromatic heterocycles. The Morgan fingerprint density at radius 2 is 2.00 bits per heavy atom. The minimum Gasteiger partial charge on any atom is -0.489 e. The molecule has 0 bridgehead atoms. The number of pyridine rings is 1. The first-order valence-corrected chi connectivity index (χ1v) is 5.93. The van der Waals surface area contributed by atoms with Crippen LogP contribution in [0.3, 0.4) is 0 Å². The van der Waals surface area contributed by atoms with Crippen molar-refractivity contribution in [3.8, 4) is 5.75 Å². The fraction of sp³-hybridized carbons (Fsp3) is 0.571. The highest BCUT2D eigenvalue weighted by Crippen LogP contribution is 2.22. The van der Waals surface area contributed by atoms with Gasteiger partial charge < -0.3 is 4.74 Å². The van der Waals surface area contributed by atoms with Crippen LogP contribution < -0.4 is 4.74 Å². The van der Waals surface area contributed by atoms with Gasteiger partial charge in [0.2, 0.25) is 0 Å². The Kier molecular flexibility index (Phi) is 4.27. The number of carbonyl (C=O) groups excluding carboxylic acids is 1. The van der Waals surface area contributed by atoms with Crippen molar-refractivity contribution < 1.29 is 9.53 Å². The van der Waals surface area contributed by atoms with Gasteiger partial charge in [-0.05, 0) is 25.3 Å². The third-order valence-corrected chi connectivity index (χ3v) is 2.10. The Morgan fingerprint density at radius 1 is 1.35 bits per heavy atom. The standard InChI is InChI=1S/C14H21NO2/c1-10(2)17-12-6-11(8-15-9-12)13(16)7-14(3,4)5/h6,8-10H,7H2,1-5H3. The van der Waals surface area contributed by atoms with Crippen LogP contribution in [0, 0.1) is 5.41 Å². The van der Waals surface area contributed by atoms with E-state index in [1.165, 1.54) is 0 Å². The molecule has 0 radical (unpaired) electrons. The van der Waals surface area contributed by atoms with Crippen molar-refractivity contribution in [3.63, 3.8) is 0 Å². The van der Waals surface area contributed by atoms with Gasteiger partial charge in [-0.2, -0.15) is 0 Å². The number of rotatable bonds is 4. The summed E-state index contributed by atoms with van der Waals surface area (Å²) in [6.45, 7) is 10.0. The van der Waals surface area contributed by atoms with Crippen LogP contribution in [0.5, 0.6) is 5.75 Å². The molecule has 0 unspecified atom stereocenters. The number of nitrogens with zero attached hydrogens (tertiary/aromatic N) is 1. The predicted octanol–water partition coefficient (Wildman–Crippen LogP) is 3.49. The third-order valence-electron chi connectivity index (χ3n) is 2.10. The molecule has 0 aliphatic rings. The van der Waals surface area contributed by atoms with Crippen LogP contribution in [0.25, 0.3) is 0 Å². The molecule has 0 aromatic carbocycles. The first-order valence-electron chi connectivity index (χ1n) is 5.93. The molecule has 0 aliphatic heterocycles. The summed E-state index contributed by atoms with van der Waals surface area (Å²) in [5, 5.41) is 0. The molecule has 0 saturated heterocycles. The van der Waals surface area contributed by atoms with Crippen LogP contribution in [0.4, 0.5) is 0 Å². The zero-order valence-corrected chi connectivity index (χ0v) is 11.3. The largest absolute Gasteiger partial charge is 0.489 e. The van der Waals surface area contributed by atoms with Crippen molar-refractivity contribution in [1.82, 2.24) is 4.98 Å². The molecule has 1 rings (SSSR count). The van der Waals surface area contributed by atoms with Gasteiger partial charge in [-0.15, -0.1) is 0 Å². The van der Waals surface area contributed by atoms with Gasteiger partial charge in [0.25, 0.3) is 0 Å². The quantitative estimate of drug-likeness (QED) is 0.750. The molecule has 0 amide bonds. The number of hydrogen-bond donors (Lipinski definition) is 0. The fourth-order valence-electron chi connectivity index (χ4n) is 1.49. The van der Waals surface area contributed by atoms with Crippen molar-refractivity contribution in [2.75, 3.05) is 0 Å². The molecule has 94 valence electrons. The van der Waals surface area contributed by atoms with E-state index in [1.54, 1.807) is 18.5 Å². The zero-order valence-electron chi connectivity index (χ0n) is 11.3. The molecule has 0 spiro atoms. The van der Waals surface area contributed by atoms with Gasteiger partial charge in [-0.25, -0.2) is 0 Å². The zero-order chi connectivity index (χ0) is 13.1. The Hall–Kier alpha value is -1.38. The molecule has 1 aromatic rings. The molecule has 0 fully saturated rings. The maximum atomic E-state index is 12.0. The highest BCUT2D eigenvalue weighted by atomic mass is 16.5. The fourth-order valence-corrected chi connectivity index (χ4v) is 1.49. The van der Waals surface area contributed by atoms with Crippen LogP contribution in [0.1, 0.15) is 51.4 Å². The molecule has 17 heavy (non-hydrogen) atoms. The van der Waals surface area contributed by atoms with Crippen LogP contribution in [-0.4, -0.2) is 16.9 Å². The van der Waals surface area contributed by atoms with E-state index in [9.17, 15) is 4.79 Å². The first-order chi connectivity index (χ1) is 7.78.